The number of hydrogen-bond donors (Lipinski definition) is 0. The number of likely N-dealkylation sites (tertiary alicyclic amines) is 1. The minimum atomic E-state index is -4.64. The lowest BCUT2D eigenvalue weighted by Gasteiger charge is -2.58. The SMILES string of the molecule is CN1CCC23CCCC[C@@H]2[C@@H]1Cc1ccc(-c2ccc(F)cc2)cc13.O=CC(F)(F)F. The minimum Gasteiger partial charge on any atom is -0.303 e. The summed E-state index contributed by atoms with van der Waals surface area (Å²) in [5, 5.41) is 0. The van der Waals surface area contributed by atoms with E-state index < -0.39 is 12.5 Å². The van der Waals surface area contributed by atoms with Gasteiger partial charge < -0.3 is 4.90 Å². The van der Waals surface area contributed by atoms with E-state index in [1.807, 2.05) is 12.1 Å². The maximum Gasteiger partial charge on any atom is 0.446 e. The van der Waals surface area contributed by atoms with Crippen LogP contribution in [0.25, 0.3) is 11.1 Å². The molecule has 3 atom stereocenters. The third-order valence-electron chi connectivity index (χ3n) is 7.43. The number of fused-ring (bicyclic) bond motifs is 1. The first-order chi connectivity index (χ1) is 14.7. The van der Waals surface area contributed by atoms with E-state index in [0.717, 1.165) is 17.5 Å². The second kappa shape index (κ2) is 8.38. The van der Waals surface area contributed by atoms with E-state index in [2.05, 4.69) is 30.1 Å². The number of hydrogen-bond acceptors (Lipinski definition) is 2. The third-order valence-corrected chi connectivity index (χ3v) is 7.43. The zero-order valence-corrected chi connectivity index (χ0v) is 17.6. The van der Waals surface area contributed by atoms with Crippen LogP contribution in [0.4, 0.5) is 17.6 Å². The first-order valence-electron chi connectivity index (χ1n) is 10.9. The van der Waals surface area contributed by atoms with Crippen LogP contribution in [0.5, 0.6) is 0 Å². The van der Waals surface area contributed by atoms with Crippen LogP contribution in [-0.4, -0.2) is 37.0 Å². The molecule has 1 unspecified atom stereocenters. The van der Waals surface area contributed by atoms with E-state index in [1.165, 1.54) is 50.6 Å². The van der Waals surface area contributed by atoms with Crippen molar-refractivity contribution in [2.75, 3.05) is 13.6 Å². The lowest BCUT2D eigenvalue weighted by atomic mass is 9.52. The molecule has 0 spiro atoms. The maximum absolute atomic E-state index is 13.3. The number of likely N-dealkylation sites (N-methyl/N-ethyl adjacent to an activating group) is 1. The maximum atomic E-state index is 13.3. The molecule has 2 aromatic carbocycles. The Labute approximate surface area is 180 Å². The predicted molar refractivity (Wildman–Crippen MR) is 112 cm³/mol. The van der Waals surface area contributed by atoms with Crippen LogP contribution in [0.1, 0.15) is 43.2 Å². The molecular weight excluding hydrogens is 406 g/mol. The summed E-state index contributed by atoms with van der Waals surface area (Å²) in [6, 6.07) is 14.7. The van der Waals surface area contributed by atoms with Crippen LogP contribution in [0.3, 0.4) is 0 Å². The van der Waals surface area contributed by atoms with E-state index >= 15 is 0 Å². The van der Waals surface area contributed by atoms with Gasteiger partial charge in [0.1, 0.15) is 5.82 Å². The average Bonchev–Trinajstić information content (AvgIpc) is 2.76. The van der Waals surface area contributed by atoms with Crippen molar-refractivity contribution >= 4 is 6.29 Å². The van der Waals surface area contributed by atoms with Crippen LogP contribution in [0, 0.1) is 11.7 Å². The fourth-order valence-corrected chi connectivity index (χ4v) is 6.02. The summed E-state index contributed by atoms with van der Waals surface area (Å²) in [4.78, 5) is 11.3. The molecular formula is C25H27F4NO. The van der Waals surface area contributed by atoms with Crippen molar-refractivity contribution in [2.45, 2.75) is 56.2 Å². The van der Waals surface area contributed by atoms with Crippen molar-refractivity contribution in [3.63, 3.8) is 0 Å². The van der Waals surface area contributed by atoms with Crippen LogP contribution in [-0.2, 0) is 16.6 Å². The lowest BCUT2D eigenvalue weighted by Crippen LogP contribution is -2.59. The first-order valence-corrected chi connectivity index (χ1v) is 10.9. The van der Waals surface area contributed by atoms with Crippen LogP contribution < -0.4 is 0 Å². The number of carbonyl (C=O) groups excluding carboxylic acids is 1. The second-order valence-corrected chi connectivity index (χ2v) is 9.05. The van der Waals surface area contributed by atoms with Gasteiger partial charge >= 0.3 is 6.18 Å². The molecule has 2 aliphatic carbocycles. The molecule has 6 heteroatoms. The van der Waals surface area contributed by atoms with Gasteiger partial charge in [0.05, 0.1) is 0 Å². The molecule has 31 heavy (non-hydrogen) atoms. The normalized spacial score (nSPS) is 27.4. The van der Waals surface area contributed by atoms with E-state index in [1.54, 1.807) is 23.3 Å². The summed E-state index contributed by atoms with van der Waals surface area (Å²) in [7, 11) is 2.32. The average molecular weight is 433 g/mol. The number of alkyl halides is 3. The summed E-state index contributed by atoms with van der Waals surface area (Å²) in [6.45, 7) is 1.22. The Morgan fingerprint density at radius 3 is 2.39 bits per heavy atom. The predicted octanol–water partition coefficient (Wildman–Crippen LogP) is 5.93. The van der Waals surface area contributed by atoms with Gasteiger partial charge in [-0.1, -0.05) is 43.2 Å². The van der Waals surface area contributed by atoms with Gasteiger partial charge in [-0.25, -0.2) is 4.39 Å². The van der Waals surface area contributed by atoms with Crippen molar-refractivity contribution in [1.29, 1.82) is 0 Å². The number of benzene rings is 2. The van der Waals surface area contributed by atoms with Crippen LogP contribution in [0.2, 0.25) is 0 Å². The first kappa shape index (κ1) is 22.0. The number of rotatable bonds is 1. The Hall–Kier alpha value is -2.21. The molecule has 1 saturated carbocycles. The highest BCUT2D eigenvalue weighted by Crippen LogP contribution is 2.55. The Balaban J connectivity index is 0.000000342. The summed E-state index contributed by atoms with van der Waals surface area (Å²) in [5.41, 5.74) is 5.93. The molecule has 2 nitrogen and oxygen atoms in total. The highest BCUT2D eigenvalue weighted by molar-refractivity contribution is 5.66. The number of halogens is 4. The molecule has 0 N–H and O–H groups in total. The Morgan fingerprint density at radius 1 is 1.03 bits per heavy atom. The molecule has 1 saturated heterocycles. The summed E-state index contributed by atoms with van der Waals surface area (Å²) < 4.78 is 44.5. The van der Waals surface area contributed by atoms with Gasteiger partial charge in [-0.3, -0.25) is 4.79 Å². The summed E-state index contributed by atoms with van der Waals surface area (Å²) in [6.07, 6.45) is 2.29. The van der Waals surface area contributed by atoms with Crippen molar-refractivity contribution < 1.29 is 22.4 Å². The molecule has 2 fully saturated rings. The van der Waals surface area contributed by atoms with Crippen LogP contribution in [0.15, 0.2) is 42.5 Å². The summed E-state index contributed by atoms with van der Waals surface area (Å²) >= 11 is 0. The Kier molecular flexibility index (Phi) is 5.95. The highest BCUT2D eigenvalue weighted by Gasteiger charge is 2.52. The van der Waals surface area contributed by atoms with Crippen LogP contribution >= 0.6 is 0 Å². The standard InChI is InChI=1S/C23H26FN.C2HF3O/c1-25-13-12-23-11-3-2-4-20(23)22(25)15-18-6-5-17(14-21(18)23)16-7-9-19(24)10-8-16;3-2(4,5)1-6/h5-10,14,20,22H,2-4,11-13,15H2,1H3;1H/t20-,22+,23?;/m1./s1. The zero-order chi connectivity index (χ0) is 22.2. The van der Waals surface area contributed by atoms with Gasteiger partial charge in [0.25, 0.3) is 0 Å². The van der Waals surface area contributed by atoms with Crippen molar-refractivity contribution in [3.05, 3.63) is 59.4 Å². The van der Waals surface area contributed by atoms with Gasteiger partial charge in [-0.15, -0.1) is 0 Å². The van der Waals surface area contributed by atoms with Crippen molar-refractivity contribution in [3.8, 4) is 11.1 Å². The van der Waals surface area contributed by atoms with E-state index in [9.17, 15) is 17.6 Å². The molecule has 1 aliphatic heterocycles. The molecule has 1 heterocycles. The van der Waals surface area contributed by atoms with E-state index in [-0.39, 0.29) is 5.82 Å². The van der Waals surface area contributed by atoms with Crippen molar-refractivity contribution in [1.82, 2.24) is 4.90 Å². The van der Waals surface area contributed by atoms with E-state index in [4.69, 9.17) is 4.79 Å². The molecule has 3 aliphatic rings. The fraction of sp³-hybridized carbons (Fsp3) is 0.480. The molecule has 0 radical (unpaired) electrons. The second-order valence-electron chi connectivity index (χ2n) is 9.05. The minimum absolute atomic E-state index is 0.161. The lowest BCUT2D eigenvalue weighted by molar-refractivity contribution is -0.156. The highest BCUT2D eigenvalue weighted by atomic mass is 19.4. The van der Waals surface area contributed by atoms with Gasteiger partial charge in [0, 0.05) is 11.5 Å². The Bertz CT molecular complexity index is 940. The summed E-state index contributed by atoms with van der Waals surface area (Å²) in [5.74, 6) is 0.654. The largest absolute Gasteiger partial charge is 0.446 e. The number of aldehydes is 1. The molecule has 5 rings (SSSR count). The molecule has 2 bridgehead atoms. The van der Waals surface area contributed by atoms with Gasteiger partial charge in [-0.2, -0.15) is 13.2 Å². The molecule has 166 valence electrons. The topological polar surface area (TPSA) is 20.3 Å². The molecule has 0 amide bonds. The monoisotopic (exact) mass is 433 g/mol. The van der Waals surface area contributed by atoms with Gasteiger partial charge in [0.15, 0.2) is 0 Å². The van der Waals surface area contributed by atoms with Crippen molar-refractivity contribution in [2.24, 2.45) is 5.92 Å². The number of nitrogens with zero attached hydrogens (tertiary/aromatic N) is 1. The molecule has 0 aromatic heterocycles. The number of piperidine rings is 1. The third kappa shape index (κ3) is 4.27. The van der Waals surface area contributed by atoms with E-state index in [0.29, 0.717) is 5.41 Å². The smallest absolute Gasteiger partial charge is 0.303 e. The van der Waals surface area contributed by atoms with Gasteiger partial charge in [0.2, 0.25) is 6.29 Å². The fourth-order valence-electron chi connectivity index (χ4n) is 6.02. The number of carbonyl (C=O) groups is 1. The quantitative estimate of drug-likeness (QED) is 0.411. The molecule has 2 aromatic rings. The van der Waals surface area contributed by atoms with Gasteiger partial charge in [-0.05, 0) is 79.6 Å². The zero-order valence-electron chi connectivity index (χ0n) is 17.6. The Morgan fingerprint density at radius 2 is 1.71 bits per heavy atom.